The van der Waals surface area contributed by atoms with E-state index >= 15 is 0 Å². The highest BCUT2D eigenvalue weighted by atomic mass is 32.2. The Hall–Kier alpha value is -5.95. The van der Waals surface area contributed by atoms with Gasteiger partial charge in [-0.15, -0.1) is 0 Å². The molecule has 0 unspecified atom stereocenters. The van der Waals surface area contributed by atoms with Crippen LogP contribution in [0.4, 0.5) is 17.1 Å². The van der Waals surface area contributed by atoms with Crippen LogP contribution < -0.4 is 29.1 Å². The second-order valence-electron chi connectivity index (χ2n) is 22.5. The van der Waals surface area contributed by atoms with E-state index in [1.807, 2.05) is 19.1 Å². The van der Waals surface area contributed by atoms with Crippen LogP contribution in [0.3, 0.4) is 0 Å². The maximum Gasteiger partial charge on any atom is 0.297 e. The van der Waals surface area contributed by atoms with Gasteiger partial charge in [-0.1, -0.05) is 38.1 Å². The molecule has 6 heterocycles. The summed E-state index contributed by atoms with van der Waals surface area (Å²) in [5.74, 6) is 0.251. The zero-order valence-electron chi connectivity index (χ0n) is 42.6. The molecule has 2 aliphatic carbocycles. The number of aliphatic hydroxyl groups is 1. The Labute approximate surface area is 432 Å². The van der Waals surface area contributed by atoms with E-state index in [1.165, 1.54) is 42.9 Å². The van der Waals surface area contributed by atoms with Gasteiger partial charge in [-0.25, -0.2) is 13.1 Å². The van der Waals surface area contributed by atoms with Crippen LogP contribution in [0.2, 0.25) is 0 Å². The van der Waals surface area contributed by atoms with Crippen molar-refractivity contribution >= 4 is 44.0 Å². The van der Waals surface area contributed by atoms with Crippen molar-refractivity contribution in [2.45, 2.75) is 132 Å². The number of amides is 1. The number of carbonyl (C=O) groups excluding carboxylic acids is 1. The fourth-order valence-electron chi connectivity index (χ4n) is 12.8. The van der Waals surface area contributed by atoms with E-state index in [4.69, 9.17) is 23.9 Å². The van der Waals surface area contributed by atoms with Crippen molar-refractivity contribution in [2.24, 2.45) is 17.3 Å². The van der Waals surface area contributed by atoms with Crippen LogP contribution in [0.5, 0.6) is 23.1 Å². The number of aromatic amines is 1. The molecule has 2 saturated carbocycles. The third-order valence-electron chi connectivity index (χ3n) is 17.1. The number of nitro groups is 1. The first-order valence-electron chi connectivity index (χ1n) is 26.7. The molecule has 4 N–H and O–H groups in total. The highest BCUT2D eigenvalue weighted by molar-refractivity contribution is 7.90. The van der Waals surface area contributed by atoms with E-state index in [0.717, 1.165) is 62.5 Å². The molecular formula is C56H69N7O10S. The van der Waals surface area contributed by atoms with E-state index in [-0.39, 0.29) is 64.3 Å². The van der Waals surface area contributed by atoms with Gasteiger partial charge in [0.15, 0.2) is 17.2 Å². The van der Waals surface area contributed by atoms with E-state index in [0.29, 0.717) is 69.2 Å². The van der Waals surface area contributed by atoms with E-state index in [9.17, 15) is 28.4 Å². The number of hydrogen-bond donors (Lipinski definition) is 4. The number of carbonyl (C=O) groups is 1. The fraction of sp³-hybridized carbons (Fsp3) is 0.536. The van der Waals surface area contributed by atoms with E-state index < -0.39 is 37.0 Å². The number of H-pyrrole nitrogens is 1. The van der Waals surface area contributed by atoms with Gasteiger partial charge in [0.2, 0.25) is 0 Å². The molecule has 394 valence electrons. The molecule has 2 aromatic heterocycles. The van der Waals surface area contributed by atoms with Gasteiger partial charge in [-0.2, -0.15) is 4.98 Å². The SMILES string of the molecule is CC(C)c1ccccc1[C@H]1CCCN1C1CC2(CCN(c3ccc(C(=O)NS(=O)(=O)c4cc5c(c([N+](=O)[O-])c4)N[C@@H]([C@H]4CC[C@](C)(O)CC4)CO5)c(Oc4cc5cc[nH]c5nc4OC[C@H]4CCCOC4)c3)CC2)C1. The Morgan fingerprint density at radius 3 is 2.53 bits per heavy atom. The largest absolute Gasteiger partial charge is 0.489 e. The van der Waals surface area contributed by atoms with Crippen molar-refractivity contribution in [3.05, 3.63) is 99.7 Å². The smallest absolute Gasteiger partial charge is 0.297 e. The van der Waals surface area contributed by atoms with Gasteiger partial charge < -0.3 is 39.3 Å². The summed E-state index contributed by atoms with van der Waals surface area (Å²) in [7, 11) is -4.72. The lowest BCUT2D eigenvalue weighted by atomic mass is 9.59. The molecule has 18 heteroatoms. The average molecular weight is 1030 g/mol. The topological polar surface area (TPSA) is 211 Å². The van der Waals surface area contributed by atoms with Crippen molar-refractivity contribution in [3.8, 4) is 23.1 Å². The number of aromatic nitrogens is 2. The molecule has 3 atom stereocenters. The number of hydrogen-bond acceptors (Lipinski definition) is 14. The van der Waals surface area contributed by atoms with E-state index in [1.54, 1.807) is 24.4 Å². The van der Waals surface area contributed by atoms with Gasteiger partial charge in [0.1, 0.15) is 18.0 Å². The van der Waals surface area contributed by atoms with Crippen LogP contribution in [-0.2, 0) is 14.8 Å². The Morgan fingerprint density at radius 2 is 1.77 bits per heavy atom. The molecule has 0 radical (unpaired) electrons. The van der Waals surface area contributed by atoms with E-state index in [2.05, 4.69) is 62.9 Å². The summed E-state index contributed by atoms with van der Waals surface area (Å²) in [5, 5.41) is 27.0. The number of fused-ring (bicyclic) bond motifs is 2. The van der Waals surface area contributed by atoms with Gasteiger partial charge >= 0.3 is 0 Å². The molecule has 17 nitrogen and oxygen atoms in total. The molecule has 4 aliphatic heterocycles. The Morgan fingerprint density at radius 1 is 0.973 bits per heavy atom. The lowest BCUT2D eigenvalue weighted by Gasteiger charge is -2.56. The number of ether oxygens (including phenoxy) is 4. The van der Waals surface area contributed by atoms with Crippen molar-refractivity contribution in [1.29, 1.82) is 0 Å². The molecule has 6 aliphatic rings. The Kier molecular flexibility index (Phi) is 13.8. The Balaban J connectivity index is 0.843. The summed E-state index contributed by atoms with van der Waals surface area (Å²) in [6.45, 7) is 10.9. The first-order valence-corrected chi connectivity index (χ1v) is 28.2. The fourth-order valence-corrected chi connectivity index (χ4v) is 13.8. The normalized spacial score (nSPS) is 25.2. The number of sulfonamides is 1. The summed E-state index contributed by atoms with van der Waals surface area (Å²) < 4.78 is 55.4. The van der Waals surface area contributed by atoms with Gasteiger partial charge in [0.05, 0.1) is 40.2 Å². The van der Waals surface area contributed by atoms with Crippen LogP contribution in [0, 0.1) is 27.4 Å². The molecule has 3 aromatic carbocycles. The highest BCUT2D eigenvalue weighted by Crippen LogP contribution is 2.55. The summed E-state index contributed by atoms with van der Waals surface area (Å²) in [4.78, 5) is 38.8. The van der Waals surface area contributed by atoms with Crippen molar-refractivity contribution < 1.29 is 42.2 Å². The molecule has 74 heavy (non-hydrogen) atoms. The zero-order valence-corrected chi connectivity index (χ0v) is 43.5. The van der Waals surface area contributed by atoms with Crippen LogP contribution in [0.1, 0.15) is 131 Å². The molecule has 1 spiro atoms. The van der Waals surface area contributed by atoms with Crippen molar-refractivity contribution in [2.75, 3.05) is 56.3 Å². The standard InChI is InChI=1S/C56H69N7O10S/c1-35(2)42-9-4-5-10-43(42)46-11-6-22-62(46)40-30-56(31-40)19-23-61(24-20-56)39-12-13-44(48(27-39)73-50-26-38-16-21-57-52(38)59-54(50)72-33-36-8-7-25-70-32-36)53(64)60-74(68,69)41-28-47(63(66)67)51-49(29-41)71-34-45(58-51)37-14-17-55(3,65)18-15-37/h4-5,9-10,12-13,16,21,26-29,35-37,40,45-46,58,65H,6-8,11,14-15,17-20,22-25,30-34H2,1-3H3,(H,57,59)(H,60,64)/t36-,37-,45+,46+,55-/m0/s1. The second-order valence-corrected chi connectivity index (χ2v) is 24.2. The van der Waals surface area contributed by atoms with Gasteiger partial charge in [-0.3, -0.25) is 19.8 Å². The minimum Gasteiger partial charge on any atom is -0.489 e. The summed E-state index contributed by atoms with van der Waals surface area (Å²) in [6, 6.07) is 20.7. The highest BCUT2D eigenvalue weighted by Gasteiger charge is 2.50. The number of likely N-dealkylation sites (tertiary alicyclic amines) is 1. The monoisotopic (exact) mass is 1030 g/mol. The molecule has 5 aromatic rings. The first-order chi connectivity index (χ1) is 35.6. The third kappa shape index (κ3) is 10.3. The quantitative estimate of drug-likeness (QED) is 0.0603. The number of nitrogens with one attached hydrogen (secondary N) is 3. The third-order valence-corrected chi connectivity index (χ3v) is 18.4. The maximum atomic E-state index is 14.5. The minimum atomic E-state index is -4.72. The van der Waals surface area contributed by atoms with Crippen molar-refractivity contribution in [3.63, 3.8) is 0 Å². The predicted molar refractivity (Wildman–Crippen MR) is 281 cm³/mol. The molecule has 11 rings (SSSR count). The predicted octanol–water partition coefficient (Wildman–Crippen LogP) is 10.0. The summed E-state index contributed by atoms with van der Waals surface area (Å²) >= 11 is 0. The number of piperidine rings is 1. The summed E-state index contributed by atoms with van der Waals surface area (Å²) in [6.07, 6.45) is 13.0. The number of nitro benzene ring substituents is 1. The number of pyridine rings is 1. The number of rotatable bonds is 14. The first kappa shape index (κ1) is 50.2. The number of benzene rings is 3. The summed E-state index contributed by atoms with van der Waals surface area (Å²) in [5.41, 5.74) is 3.35. The van der Waals surface area contributed by atoms with Gasteiger partial charge in [0.25, 0.3) is 27.5 Å². The van der Waals surface area contributed by atoms with Crippen molar-refractivity contribution in [1.82, 2.24) is 19.6 Å². The lowest BCUT2D eigenvalue weighted by Crippen LogP contribution is -2.54. The zero-order chi connectivity index (χ0) is 51.4. The van der Waals surface area contributed by atoms with Crippen LogP contribution >= 0.6 is 0 Å². The molecule has 0 bridgehead atoms. The van der Waals surface area contributed by atoms with Crippen LogP contribution in [0.15, 0.2) is 77.8 Å². The van der Waals surface area contributed by atoms with Crippen LogP contribution in [-0.4, -0.2) is 103 Å². The molecule has 3 saturated heterocycles. The Bertz CT molecular complexity index is 3000. The van der Waals surface area contributed by atoms with Gasteiger partial charge in [-0.05, 0) is 143 Å². The van der Waals surface area contributed by atoms with Gasteiger partial charge in [0, 0.05) is 73.2 Å². The molecule has 1 amide bonds. The molecule has 5 fully saturated rings. The van der Waals surface area contributed by atoms with Crippen LogP contribution in [0.25, 0.3) is 11.0 Å². The number of nitrogens with zero attached hydrogens (tertiary/aromatic N) is 4. The average Bonchev–Trinajstić information content (AvgIpc) is 4.07. The lowest BCUT2D eigenvalue weighted by molar-refractivity contribution is -0.384. The number of anilines is 2. The molecular weight excluding hydrogens is 963 g/mol. The minimum absolute atomic E-state index is 0.00666. The second kappa shape index (κ2) is 20.3. The maximum absolute atomic E-state index is 14.5.